The molecule has 0 N–H and O–H groups in total. The minimum absolute atomic E-state index is 0. The molecule has 0 aliphatic carbocycles. The van der Waals surface area contributed by atoms with Gasteiger partial charge < -0.3 is 105 Å². The van der Waals surface area contributed by atoms with Gasteiger partial charge in [0.25, 0.3) is 0 Å². The van der Waals surface area contributed by atoms with Gasteiger partial charge in [-0.05, 0) is 136 Å². The van der Waals surface area contributed by atoms with Crippen LogP contribution in [0.3, 0.4) is 0 Å². The maximum absolute atomic E-state index is 4.97. The van der Waals surface area contributed by atoms with Crippen molar-refractivity contribution in [2.24, 2.45) is 0 Å². The van der Waals surface area contributed by atoms with Gasteiger partial charge in [0, 0.05) is 59.3 Å². The van der Waals surface area contributed by atoms with E-state index >= 15 is 0 Å². The van der Waals surface area contributed by atoms with E-state index < -0.39 is 48.8 Å². The summed E-state index contributed by atoms with van der Waals surface area (Å²) in [6.07, 6.45) is 24.0. The first-order chi connectivity index (χ1) is 40.6. The van der Waals surface area contributed by atoms with E-state index in [9.17, 15) is 0 Å². The van der Waals surface area contributed by atoms with Crippen molar-refractivity contribution in [3.8, 4) is 0 Å². The van der Waals surface area contributed by atoms with Crippen LogP contribution in [0.25, 0.3) is 10.6 Å². The number of halogens is 8. The summed E-state index contributed by atoms with van der Waals surface area (Å²) >= 11 is -3.03. The summed E-state index contributed by atoms with van der Waals surface area (Å²) in [5.41, 5.74) is 0.951. The van der Waals surface area contributed by atoms with Gasteiger partial charge in [-0.2, -0.15) is 44.9 Å². The molecule has 27 heteroatoms. The molecule has 7 heterocycles. The predicted octanol–water partition coefficient (Wildman–Crippen LogP) is 9.81. The summed E-state index contributed by atoms with van der Waals surface area (Å²) < 4.78 is 24.3. The SMILES string of the molecule is C1CCOC1.C1CCOC1.CC1(C)CCCC(C)(C)[N-]1.CC1(C)CCCC(C)(C)[N-]1.CN(C)CCN(C)C.[CH-]1CCCO1.[CH-]1CCCO1.[CH-]1CCCO1.[CH2-]CCN(C)C.[CH2-]CCN(C)C.[CH2-]CCN(C)C.[CH2-]CCN(C)C.[Cl-].[Cl][Ti+4][Cl].[Cl][Ti+4][Cl].[Cl][Ti]([Cl])[Cl].[H-].[Li+].[Li+].[Ti+2]. The summed E-state index contributed by atoms with van der Waals surface area (Å²) in [5.74, 6) is 0. The molecule has 7 saturated heterocycles. The van der Waals surface area contributed by atoms with Crippen LogP contribution >= 0.6 is 65.1 Å². The Morgan fingerprint density at radius 1 is 0.385 bits per heavy atom. The standard InChI is InChI=1S/2C9H18N.C6H16N2.4C5H12N.2C4H8O.3C4H7O.8ClH.2Li.4Ti.H/c2*1-8(2)6-5-7-9(3,4)10-8;1-7(2)5-6-8(3)4;4*1-4-5-6(2)3;5*1-2-4-5-3-1;;;;;;;;;;;;;;;/h2*5-7H2,1-4H3;5-6H2,1-4H3;4*1,4-5H2,2-3H3;2*1-4H2;3*3H,1-2,4H2;8*1H;;;;;;;/q2*-1;;4*-1;;;3*-1;;;;;;;;;2*+1;+2;+3;2*+6;-1/p-8. The Labute approximate surface area is 666 Å². The van der Waals surface area contributed by atoms with Gasteiger partial charge in [0.05, 0.1) is 0 Å². The Bertz CT molecular complexity index is 1060. The van der Waals surface area contributed by atoms with E-state index in [1.54, 1.807) is 0 Å². The van der Waals surface area contributed by atoms with Crippen LogP contribution in [0.15, 0.2) is 0 Å². The first-order valence-electron chi connectivity index (χ1n) is 31.3. The Balaban J connectivity index is -0.0000000665. The van der Waals surface area contributed by atoms with Crippen LogP contribution in [0.5, 0.6) is 0 Å². The predicted molar refractivity (Wildman–Crippen MR) is 383 cm³/mol. The van der Waals surface area contributed by atoms with Crippen molar-refractivity contribution in [3.63, 3.8) is 0 Å². The van der Waals surface area contributed by atoms with E-state index in [-0.39, 0.29) is 95.4 Å². The molecular formula is C64H138Cl8Li2N8O5Ti4+. The van der Waals surface area contributed by atoms with Crippen molar-refractivity contribution < 1.29 is 146 Å². The van der Waals surface area contributed by atoms with E-state index in [0.29, 0.717) is 0 Å². The number of hydrogen-bond acceptors (Lipinski definition) is 11. The zero-order valence-corrected chi connectivity index (χ0v) is 74.8. The molecule has 7 aliphatic rings. The summed E-state index contributed by atoms with van der Waals surface area (Å²) in [4.78, 5) is 12.8. The van der Waals surface area contributed by atoms with Crippen LogP contribution in [-0.2, 0) is 94.2 Å². The number of likely N-dealkylation sites (N-methyl/N-ethyl adjacent to an activating group) is 2. The van der Waals surface area contributed by atoms with E-state index in [2.05, 4.69) is 141 Å². The van der Waals surface area contributed by atoms with E-state index in [4.69, 9.17) is 99.5 Å². The van der Waals surface area contributed by atoms with Crippen LogP contribution in [0.2, 0.25) is 0 Å². The average Bonchev–Trinajstić information content (AvgIpc) is 2.27. The number of hydrogen-bond donors (Lipinski definition) is 0. The molecule has 13 nitrogen and oxygen atoms in total. The third kappa shape index (κ3) is 147. The molecule has 91 heavy (non-hydrogen) atoms. The minimum atomic E-state index is -1.92. The Kier molecular flexibility index (Phi) is 127. The monoisotopic (exact) mass is 1580 g/mol. The maximum atomic E-state index is 4.97. The normalized spacial score (nSPS) is 17.6. The van der Waals surface area contributed by atoms with Gasteiger partial charge in [0.15, 0.2) is 0 Å². The third-order valence-corrected chi connectivity index (χ3v) is 11.5. The summed E-state index contributed by atoms with van der Waals surface area (Å²) in [6, 6.07) is 0. The fourth-order valence-corrected chi connectivity index (χ4v) is 7.71. The fourth-order valence-electron chi connectivity index (χ4n) is 7.71. The van der Waals surface area contributed by atoms with Crippen LogP contribution in [0.4, 0.5) is 0 Å². The molecule has 0 aromatic heterocycles. The molecule has 0 aromatic carbocycles. The molecule has 537 valence electrons. The number of ether oxygens (including phenoxy) is 5. The second-order valence-corrected chi connectivity index (χ2v) is 37.8. The van der Waals surface area contributed by atoms with Gasteiger partial charge in [-0.25, -0.2) is 19.8 Å². The van der Waals surface area contributed by atoms with Gasteiger partial charge >= 0.3 is 173 Å². The van der Waals surface area contributed by atoms with Gasteiger partial charge in [0.1, 0.15) is 0 Å². The molecule has 7 rings (SSSR count). The molecular weight excluding hydrogens is 1450 g/mol. The molecule has 0 radical (unpaired) electrons. The summed E-state index contributed by atoms with van der Waals surface area (Å²) in [6.45, 7) is 51.7. The third-order valence-electron chi connectivity index (χ3n) is 11.5. The minimum Gasteiger partial charge on any atom is -1.00 e. The Morgan fingerprint density at radius 2 is 0.560 bits per heavy atom. The Morgan fingerprint density at radius 3 is 0.615 bits per heavy atom. The molecule has 0 atom stereocenters. The van der Waals surface area contributed by atoms with Crippen molar-refractivity contribution >= 4 is 65.1 Å². The Hall–Kier alpha value is 5.85. The van der Waals surface area contributed by atoms with Crippen molar-refractivity contribution in [2.75, 3.05) is 170 Å². The zero-order valence-electron chi connectivity index (χ0n) is 63.5. The van der Waals surface area contributed by atoms with Crippen molar-refractivity contribution in [3.05, 3.63) is 58.1 Å². The van der Waals surface area contributed by atoms with Crippen LogP contribution in [0.1, 0.15) is 185 Å². The first-order valence-corrected chi connectivity index (χ1v) is 46.4. The summed E-state index contributed by atoms with van der Waals surface area (Å²) in [7, 11) is 59.2. The maximum Gasteiger partial charge on any atom is 2.00 e. The molecule has 0 bridgehead atoms. The van der Waals surface area contributed by atoms with Crippen LogP contribution in [0, 0.1) is 47.5 Å². The number of rotatable bonds is 11. The number of nitrogens with zero attached hydrogens (tertiary/aromatic N) is 8. The summed E-state index contributed by atoms with van der Waals surface area (Å²) in [5, 5.41) is 9.49. The smallest absolute Gasteiger partial charge is 1.00 e. The first kappa shape index (κ1) is 124. The number of piperidine rings is 2. The largest absolute Gasteiger partial charge is 2.00 e. The van der Waals surface area contributed by atoms with Gasteiger partial charge in [-0.3, -0.25) is 0 Å². The molecule has 7 fully saturated rings. The van der Waals surface area contributed by atoms with Gasteiger partial charge in [0.2, 0.25) is 0 Å². The van der Waals surface area contributed by atoms with Gasteiger partial charge in [-0.15, -0.1) is 22.2 Å². The topological polar surface area (TPSA) is 93.8 Å². The van der Waals surface area contributed by atoms with Crippen molar-refractivity contribution in [2.45, 2.75) is 206 Å². The average molecular weight is 1590 g/mol. The van der Waals surface area contributed by atoms with Gasteiger partial charge in [-0.1, -0.05) is 113 Å². The molecule has 0 unspecified atom stereocenters. The molecule has 0 amide bonds. The molecule has 0 spiro atoms. The molecule has 7 aliphatic heterocycles. The van der Waals surface area contributed by atoms with Crippen molar-refractivity contribution in [1.82, 2.24) is 29.4 Å². The van der Waals surface area contributed by atoms with Crippen LogP contribution in [-0.4, -0.2) is 222 Å². The van der Waals surface area contributed by atoms with E-state index in [0.717, 1.165) is 130 Å². The quantitative estimate of drug-likeness (QED) is 0.146. The second-order valence-electron chi connectivity index (χ2n) is 24.9. The zero-order chi connectivity index (χ0) is 68.9. The molecule has 0 aromatic rings. The molecule has 0 saturated carbocycles. The van der Waals surface area contributed by atoms with E-state index in [1.807, 2.05) is 76.2 Å². The van der Waals surface area contributed by atoms with Crippen LogP contribution < -0.4 is 50.1 Å². The fraction of sp³-hybridized carbons (Fsp3) is 0.891. The van der Waals surface area contributed by atoms with Crippen molar-refractivity contribution in [1.29, 1.82) is 0 Å². The second kappa shape index (κ2) is 93.9. The van der Waals surface area contributed by atoms with E-state index in [1.165, 1.54) is 83.5 Å².